The minimum atomic E-state index is -5.14. The Morgan fingerprint density at radius 3 is 2.33 bits per heavy atom. The Morgan fingerprint density at radius 2 is 1.79 bits per heavy atom. The van der Waals surface area contributed by atoms with Crippen LogP contribution in [0.4, 0.5) is 13.2 Å². The van der Waals surface area contributed by atoms with Gasteiger partial charge in [0.1, 0.15) is 23.8 Å². The van der Waals surface area contributed by atoms with Crippen LogP contribution in [0.1, 0.15) is 11.1 Å². The maximum Gasteiger partial charge on any atom is 0.471 e. The predicted octanol–water partition coefficient (Wildman–Crippen LogP) is 5.33. The number of hydrogen-bond acceptors (Lipinski definition) is 7. The highest BCUT2D eigenvalue weighted by Crippen LogP contribution is 2.39. The fourth-order valence-electron chi connectivity index (χ4n) is 3.69. The van der Waals surface area contributed by atoms with Gasteiger partial charge in [0.05, 0.1) is 23.2 Å². The van der Waals surface area contributed by atoms with Crippen molar-refractivity contribution in [3.8, 4) is 17.2 Å². The van der Waals surface area contributed by atoms with Crippen LogP contribution in [0.2, 0.25) is 0 Å². The summed E-state index contributed by atoms with van der Waals surface area (Å²) in [6.07, 6.45) is 0.700. The summed E-state index contributed by atoms with van der Waals surface area (Å²) in [7, 11) is 4.21. The number of esters is 1. The highest BCUT2D eigenvalue weighted by molar-refractivity contribution is 9.11. The maximum absolute atomic E-state index is 12.7. The Hall–Kier alpha value is -3.03. The predicted molar refractivity (Wildman–Crippen MR) is 143 cm³/mol. The monoisotopic (exact) mass is 676 g/mol. The molecule has 1 aliphatic rings. The lowest BCUT2D eigenvalue weighted by molar-refractivity contribution is -0.175. The second kappa shape index (κ2) is 13.4. The molecule has 2 N–H and O–H groups in total. The Morgan fingerprint density at radius 1 is 1.10 bits per heavy atom. The van der Waals surface area contributed by atoms with Crippen molar-refractivity contribution in [2.24, 2.45) is 0 Å². The molecule has 0 aromatic heterocycles. The fraction of sp³-hybridized carbons (Fsp3) is 0.308. The van der Waals surface area contributed by atoms with Crippen molar-refractivity contribution in [3.05, 3.63) is 74.3 Å². The molecule has 0 bridgehead atoms. The number of rotatable bonds is 10. The van der Waals surface area contributed by atoms with E-state index in [0.29, 0.717) is 38.2 Å². The summed E-state index contributed by atoms with van der Waals surface area (Å²) < 4.78 is 60.5. The van der Waals surface area contributed by atoms with Crippen molar-refractivity contribution in [1.82, 2.24) is 10.6 Å². The van der Waals surface area contributed by atoms with E-state index in [1.165, 1.54) is 0 Å². The number of carbonyl (C=O) groups is 2. The summed E-state index contributed by atoms with van der Waals surface area (Å²) in [4.78, 5) is 23.4. The zero-order valence-corrected chi connectivity index (χ0v) is 24.2. The van der Waals surface area contributed by atoms with E-state index in [1.54, 1.807) is 43.8 Å². The molecule has 0 saturated heterocycles. The van der Waals surface area contributed by atoms with Crippen LogP contribution in [0, 0.1) is 0 Å². The first-order valence-corrected chi connectivity index (χ1v) is 13.0. The third-order valence-electron chi connectivity index (χ3n) is 5.58. The van der Waals surface area contributed by atoms with Gasteiger partial charge < -0.3 is 29.6 Å². The molecule has 0 aliphatic carbocycles. The molecule has 13 heteroatoms. The molecule has 0 fully saturated rings. The van der Waals surface area contributed by atoms with E-state index in [1.807, 2.05) is 24.4 Å². The van der Waals surface area contributed by atoms with E-state index in [9.17, 15) is 22.8 Å². The molecule has 2 atom stereocenters. The first-order valence-electron chi connectivity index (χ1n) is 11.4. The Labute approximate surface area is 239 Å². The molecular formula is C26H25Br2F3N2O6. The van der Waals surface area contributed by atoms with Crippen molar-refractivity contribution < 1.29 is 41.7 Å². The molecule has 2 aromatic carbocycles. The van der Waals surface area contributed by atoms with Gasteiger partial charge in [-0.2, -0.15) is 13.2 Å². The van der Waals surface area contributed by atoms with Crippen LogP contribution in [0.3, 0.4) is 0 Å². The Balaban J connectivity index is 1.80. The molecule has 210 valence electrons. The molecule has 0 spiro atoms. The summed E-state index contributed by atoms with van der Waals surface area (Å²) in [6, 6.07) is 6.97. The number of allylic oxidation sites excluding steroid dienone is 2. The van der Waals surface area contributed by atoms with Crippen LogP contribution in [0.15, 0.2) is 63.2 Å². The van der Waals surface area contributed by atoms with Gasteiger partial charge in [0.25, 0.3) is 0 Å². The molecule has 1 amide bonds. The van der Waals surface area contributed by atoms with Crippen LogP contribution < -0.4 is 20.1 Å². The lowest BCUT2D eigenvalue weighted by atomic mass is 10.0. The summed E-state index contributed by atoms with van der Waals surface area (Å²) >= 11 is 6.84. The quantitative estimate of drug-likeness (QED) is 0.328. The van der Waals surface area contributed by atoms with Gasteiger partial charge in [0.15, 0.2) is 5.75 Å². The average Bonchev–Trinajstić information content (AvgIpc) is 2.90. The molecule has 1 aliphatic heterocycles. The molecule has 0 radical (unpaired) electrons. The number of hydrogen-bond donors (Lipinski definition) is 2. The Kier molecular flexibility index (Phi) is 10.4. The largest absolute Gasteiger partial charge is 0.496 e. The van der Waals surface area contributed by atoms with E-state index >= 15 is 0 Å². The summed E-state index contributed by atoms with van der Waals surface area (Å²) in [5.74, 6) is -1.67. The van der Waals surface area contributed by atoms with Gasteiger partial charge in [-0.15, -0.1) is 0 Å². The van der Waals surface area contributed by atoms with Gasteiger partial charge >= 0.3 is 18.1 Å². The van der Waals surface area contributed by atoms with Crippen LogP contribution in [-0.2, 0) is 31.9 Å². The lowest BCUT2D eigenvalue weighted by Crippen LogP contribution is -2.48. The highest BCUT2D eigenvalue weighted by atomic mass is 79.9. The highest BCUT2D eigenvalue weighted by Gasteiger charge is 2.41. The van der Waals surface area contributed by atoms with Crippen molar-refractivity contribution >= 4 is 43.7 Å². The number of dihydropyridines is 1. The van der Waals surface area contributed by atoms with Crippen molar-refractivity contribution in [1.29, 1.82) is 0 Å². The number of nitrogens with one attached hydrogen (secondary N) is 2. The lowest BCUT2D eigenvalue weighted by Gasteiger charge is -2.19. The van der Waals surface area contributed by atoms with Gasteiger partial charge in [-0.25, -0.2) is 4.79 Å². The second-order valence-corrected chi connectivity index (χ2v) is 10.0. The van der Waals surface area contributed by atoms with Gasteiger partial charge in [-0.3, -0.25) is 4.79 Å². The number of amides is 1. The van der Waals surface area contributed by atoms with Crippen LogP contribution >= 0.6 is 31.9 Å². The van der Waals surface area contributed by atoms with Crippen LogP contribution in [0.5, 0.6) is 17.2 Å². The minimum Gasteiger partial charge on any atom is -0.496 e. The third-order valence-corrected chi connectivity index (χ3v) is 6.76. The summed E-state index contributed by atoms with van der Waals surface area (Å²) in [6.45, 7) is 0. The normalized spacial score (nSPS) is 15.6. The van der Waals surface area contributed by atoms with Crippen molar-refractivity contribution in [2.75, 3.05) is 21.3 Å². The molecule has 3 rings (SSSR count). The van der Waals surface area contributed by atoms with Gasteiger partial charge in [-0.1, -0.05) is 6.08 Å². The zero-order chi connectivity index (χ0) is 28.7. The molecule has 2 aromatic rings. The van der Waals surface area contributed by atoms with E-state index < -0.39 is 24.1 Å². The van der Waals surface area contributed by atoms with Crippen molar-refractivity contribution in [3.63, 3.8) is 0 Å². The van der Waals surface area contributed by atoms with Crippen LogP contribution in [-0.4, -0.2) is 51.7 Å². The first kappa shape index (κ1) is 30.5. The number of ether oxygens (including phenoxy) is 4. The van der Waals surface area contributed by atoms with E-state index in [2.05, 4.69) is 41.9 Å². The van der Waals surface area contributed by atoms with Gasteiger partial charge in [0.2, 0.25) is 0 Å². The molecular weight excluding hydrogens is 653 g/mol. The molecule has 0 saturated carbocycles. The number of benzene rings is 2. The maximum atomic E-state index is 12.7. The average molecular weight is 678 g/mol. The molecule has 1 heterocycles. The molecule has 39 heavy (non-hydrogen) atoms. The molecule has 8 nitrogen and oxygen atoms in total. The second-order valence-electron chi connectivity index (χ2n) is 8.29. The third kappa shape index (κ3) is 8.23. The Bertz CT molecular complexity index is 1260. The molecule has 1 unspecified atom stereocenters. The number of carbonyl (C=O) groups excluding carboxylic acids is 2. The van der Waals surface area contributed by atoms with E-state index in [-0.39, 0.29) is 12.6 Å². The van der Waals surface area contributed by atoms with Crippen LogP contribution in [0.25, 0.3) is 0 Å². The standard InChI is InChI=1S/C26H25Br2F3N2O6/c1-36-21-6-5-17(12-16(21)8-14-4-7-22(37-2)32-13-14)39-23-18(27)9-15(10-19(23)28)11-20(24(34)38-3)33-25(35)26(29,30)31/h4-7,9-10,12-13,20,22,32H,8,11H2,1-3H3,(H,33,35)/t20-,22?/m0/s1. The van der Waals surface area contributed by atoms with Crippen molar-refractivity contribution in [2.45, 2.75) is 31.3 Å². The fourth-order valence-corrected chi connectivity index (χ4v) is 5.14. The first-order chi connectivity index (χ1) is 18.4. The minimum absolute atomic E-state index is 0.188. The number of alkyl halides is 3. The summed E-state index contributed by atoms with van der Waals surface area (Å²) in [5.41, 5.74) is 2.31. The number of methoxy groups -OCH3 is 3. The van der Waals surface area contributed by atoms with Gasteiger partial charge in [0, 0.05) is 31.7 Å². The SMILES string of the molecule is COC(=O)[C@H](Cc1cc(Br)c(Oc2ccc(OC)c(CC3=CNC(OC)C=C3)c2)c(Br)c1)NC(=O)C(F)(F)F. The smallest absolute Gasteiger partial charge is 0.471 e. The number of halogens is 5. The van der Waals surface area contributed by atoms with Gasteiger partial charge in [-0.05, 0) is 79.4 Å². The zero-order valence-electron chi connectivity index (χ0n) is 21.0. The van der Waals surface area contributed by atoms with E-state index in [0.717, 1.165) is 18.2 Å². The summed E-state index contributed by atoms with van der Waals surface area (Å²) in [5, 5.41) is 4.80. The van der Waals surface area contributed by atoms with E-state index in [4.69, 9.17) is 14.2 Å². The topological polar surface area (TPSA) is 95.1 Å².